The number of nitrogens with zero attached hydrogens (tertiary/aromatic N) is 2. The minimum Gasteiger partial charge on any atom is -0.340 e. The van der Waals surface area contributed by atoms with Gasteiger partial charge < -0.3 is 15.5 Å². The lowest BCUT2D eigenvalue weighted by Gasteiger charge is -2.31. The van der Waals surface area contributed by atoms with Crippen LogP contribution in [0.15, 0.2) is 10.0 Å². The minimum absolute atomic E-state index is 0. The number of carbonyl (C=O) groups excluding carboxylic acids is 1. The maximum Gasteiger partial charge on any atom is 0.236 e. The molecule has 8 heteroatoms. The average molecular weight is 420 g/mol. The van der Waals surface area contributed by atoms with Crippen molar-refractivity contribution in [2.75, 3.05) is 59.9 Å². The average Bonchev–Trinajstić information content (AvgIpc) is 2.55. The third-order valence-electron chi connectivity index (χ3n) is 3.06. The summed E-state index contributed by atoms with van der Waals surface area (Å²) in [4.78, 5) is 15.3. The van der Waals surface area contributed by atoms with Crippen LogP contribution in [0.25, 0.3) is 0 Å². The monoisotopic (exact) mass is 418 g/mol. The summed E-state index contributed by atoms with van der Waals surface area (Å²) in [7, 11) is 3.95. The van der Waals surface area contributed by atoms with Crippen molar-refractivity contribution in [1.82, 2.24) is 20.4 Å². The summed E-state index contributed by atoms with van der Waals surface area (Å²) in [5, 5.41) is 6.34. The molecule has 1 aliphatic rings. The molecular formula is C17H37Cl3N4O. The Balaban J connectivity index is -0.000000307. The van der Waals surface area contributed by atoms with E-state index in [1.165, 1.54) is 6.42 Å². The van der Waals surface area contributed by atoms with E-state index in [4.69, 9.17) is 34.8 Å². The minimum atomic E-state index is 0. The van der Waals surface area contributed by atoms with E-state index in [0.717, 1.165) is 51.2 Å². The summed E-state index contributed by atoms with van der Waals surface area (Å²) in [6, 6.07) is 0. The number of likely N-dealkylation sites (N-methyl/N-ethyl adjacent to an activating group) is 2. The van der Waals surface area contributed by atoms with E-state index >= 15 is 0 Å². The van der Waals surface area contributed by atoms with E-state index in [2.05, 4.69) is 29.4 Å². The summed E-state index contributed by atoms with van der Waals surface area (Å²) in [5.41, 5.74) is 1.09. The molecule has 1 amide bonds. The molecule has 0 spiro atoms. The number of amides is 1. The van der Waals surface area contributed by atoms with Gasteiger partial charge in [-0.25, -0.2) is 0 Å². The van der Waals surface area contributed by atoms with Crippen molar-refractivity contribution in [2.24, 2.45) is 0 Å². The van der Waals surface area contributed by atoms with Gasteiger partial charge in [0.1, 0.15) is 4.49 Å². The Morgan fingerprint density at radius 2 is 1.76 bits per heavy atom. The van der Waals surface area contributed by atoms with Crippen LogP contribution in [-0.4, -0.2) is 75.6 Å². The molecule has 1 saturated heterocycles. The zero-order valence-electron chi connectivity index (χ0n) is 15.4. The van der Waals surface area contributed by atoms with Gasteiger partial charge in [0, 0.05) is 38.3 Å². The molecule has 0 saturated carbocycles. The molecule has 1 fully saturated rings. The van der Waals surface area contributed by atoms with E-state index < -0.39 is 0 Å². The Morgan fingerprint density at radius 1 is 1.16 bits per heavy atom. The second-order valence-electron chi connectivity index (χ2n) is 5.37. The third-order valence-corrected chi connectivity index (χ3v) is 3.72. The molecule has 1 rings (SSSR count). The molecule has 0 unspecified atom stereocenters. The number of hydrogen-bond donors (Lipinski definition) is 2. The second kappa shape index (κ2) is 22.0. The number of carbonyl (C=O) groups is 1. The highest BCUT2D eigenvalue weighted by atomic mass is 35.5. The summed E-state index contributed by atoms with van der Waals surface area (Å²) >= 11 is 14.8. The van der Waals surface area contributed by atoms with Crippen LogP contribution in [0.2, 0.25) is 0 Å². The van der Waals surface area contributed by atoms with Gasteiger partial charge in [-0.1, -0.05) is 56.1 Å². The Bertz CT molecular complexity index is 321. The Labute approximate surface area is 170 Å². The van der Waals surface area contributed by atoms with Crippen molar-refractivity contribution >= 4 is 40.7 Å². The summed E-state index contributed by atoms with van der Waals surface area (Å²) in [6.07, 6.45) is 2.29. The summed E-state index contributed by atoms with van der Waals surface area (Å²) in [6.45, 7) is 11.0. The quantitative estimate of drug-likeness (QED) is 0.620. The molecule has 152 valence electrons. The standard InChI is InChI=1S/C8H16N2O.C6H16N2.C2HCl3.CH4/c1-3-4-10-6-5-9(2)7-8(10)11;1-3-4-8-6-5-7-2;3-1-2(4)5;/h3-7H2,1-2H3;7-8H,3-6H2,1-2H3;1H;1H4. The van der Waals surface area contributed by atoms with Crippen LogP contribution < -0.4 is 10.6 Å². The van der Waals surface area contributed by atoms with Gasteiger partial charge in [-0.05, 0) is 33.5 Å². The van der Waals surface area contributed by atoms with Crippen molar-refractivity contribution in [3.63, 3.8) is 0 Å². The number of halogens is 3. The zero-order chi connectivity index (χ0) is 18.8. The molecule has 2 N–H and O–H groups in total. The normalized spacial score (nSPS) is 13.7. The maximum absolute atomic E-state index is 11.3. The van der Waals surface area contributed by atoms with Gasteiger partial charge in [-0.3, -0.25) is 9.69 Å². The fourth-order valence-corrected chi connectivity index (χ4v) is 1.85. The van der Waals surface area contributed by atoms with Gasteiger partial charge in [-0.15, -0.1) is 0 Å². The molecule has 1 aliphatic heterocycles. The van der Waals surface area contributed by atoms with E-state index in [-0.39, 0.29) is 17.8 Å². The van der Waals surface area contributed by atoms with Crippen molar-refractivity contribution in [2.45, 2.75) is 34.1 Å². The topological polar surface area (TPSA) is 47.6 Å². The number of hydrogen-bond acceptors (Lipinski definition) is 4. The van der Waals surface area contributed by atoms with Gasteiger partial charge in [0.05, 0.1) is 6.54 Å². The molecule has 0 atom stereocenters. The maximum atomic E-state index is 11.3. The predicted molar refractivity (Wildman–Crippen MR) is 114 cm³/mol. The van der Waals surface area contributed by atoms with E-state index in [0.29, 0.717) is 6.54 Å². The van der Waals surface area contributed by atoms with Crippen LogP contribution in [0.4, 0.5) is 0 Å². The molecule has 1 heterocycles. The summed E-state index contributed by atoms with van der Waals surface area (Å²) < 4.78 is 0.0895. The molecular weight excluding hydrogens is 383 g/mol. The predicted octanol–water partition coefficient (Wildman–Crippen LogP) is 3.51. The van der Waals surface area contributed by atoms with Crippen LogP contribution in [0, 0.1) is 0 Å². The van der Waals surface area contributed by atoms with Crippen molar-refractivity contribution in [3.8, 4) is 0 Å². The lowest BCUT2D eigenvalue weighted by Crippen LogP contribution is -2.48. The third kappa shape index (κ3) is 21.9. The fourth-order valence-electron chi connectivity index (χ4n) is 1.85. The second-order valence-corrected chi connectivity index (χ2v) is 6.60. The smallest absolute Gasteiger partial charge is 0.236 e. The van der Waals surface area contributed by atoms with Crippen molar-refractivity contribution < 1.29 is 4.79 Å². The number of nitrogens with one attached hydrogen (secondary N) is 2. The van der Waals surface area contributed by atoms with Gasteiger partial charge in [0.25, 0.3) is 0 Å². The molecule has 0 aliphatic carbocycles. The molecule has 0 aromatic heterocycles. The van der Waals surface area contributed by atoms with E-state index in [9.17, 15) is 4.79 Å². The largest absolute Gasteiger partial charge is 0.340 e. The number of rotatable bonds is 7. The molecule has 0 aromatic rings. The fraction of sp³-hybridized carbons (Fsp3) is 0.824. The highest BCUT2D eigenvalue weighted by molar-refractivity contribution is 6.58. The van der Waals surface area contributed by atoms with Crippen LogP contribution in [0.3, 0.4) is 0 Å². The first kappa shape index (κ1) is 29.7. The Kier molecular flexibility index (Phi) is 26.1. The van der Waals surface area contributed by atoms with Gasteiger partial charge in [0.15, 0.2) is 0 Å². The van der Waals surface area contributed by atoms with Crippen LogP contribution in [0.5, 0.6) is 0 Å². The first-order valence-corrected chi connectivity index (χ1v) is 9.55. The van der Waals surface area contributed by atoms with Crippen LogP contribution >= 0.6 is 34.8 Å². The Morgan fingerprint density at radius 3 is 2.16 bits per heavy atom. The molecule has 25 heavy (non-hydrogen) atoms. The highest BCUT2D eigenvalue weighted by Gasteiger charge is 2.19. The van der Waals surface area contributed by atoms with Crippen LogP contribution in [-0.2, 0) is 4.79 Å². The summed E-state index contributed by atoms with van der Waals surface area (Å²) in [5.74, 6) is 0.278. The van der Waals surface area contributed by atoms with Crippen LogP contribution in [0.1, 0.15) is 34.1 Å². The van der Waals surface area contributed by atoms with E-state index in [1.807, 2.05) is 19.0 Å². The molecule has 5 nitrogen and oxygen atoms in total. The SMILES string of the molecule is C.CCCN1CCN(C)CC1=O.CCCNCCNC.ClC=C(Cl)Cl. The first-order chi connectivity index (χ1) is 11.4. The molecule has 0 radical (unpaired) electrons. The number of piperazine rings is 1. The zero-order valence-corrected chi connectivity index (χ0v) is 17.6. The van der Waals surface area contributed by atoms with Crippen molar-refractivity contribution in [1.29, 1.82) is 0 Å². The van der Waals surface area contributed by atoms with Gasteiger partial charge >= 0.3 is 0 Å². The van der Waals surface area contributed by atoms with Gasteiger partial charge in [0.2, 0.25) is 5.91 Å². The highest BCUT2D eigenvalue weighted by Crippen LogP contribution is 2.06. The Hall–Kier alpha value is -0.0400. The first-order valence-electron chi connectivity index (χ1n) is 8.35. The lowest BCUT2D eigenvalue weighted by molar-refractivity contribution is -0.135. The van der Waals surface area contributed by atoms with Crippen molar-refractivity contribution in [3.05, 3.63) is 10.0 Å². The van der Waals surface area contributed by atoms with Gasteiger partial charge in [-0.2, -0.15) is 0 Å². The van der Waals surface area contributed by atoms with E-state index in [1.54, 1.807) is 0 Å². The molecule has 0 aromatic carbocycles. The molecule has 0 bridgehead atoms. The lowest BCUT2D eigenvalue weighted by atomic mass is 10.3.